The van der Waals surface area contributed by atoms with Gasteiger partial charge in [0.05, 0.1) is 6.10 Å². The molecule has 0 bridgehead atoms. The molecule has 0 spiro atoms. The summed E-state index contributed by atoms with van der Waals surface area (Å²) in [5.41, 5.74) is 4.65. The fourth-order valence-corrected chi connectivity index (χ4v) is 4.00. The van der Waals surface area contributed by atoms with Crippen LogP contribution < -0.4 is 16.1 Å². The number of rotatable bonds is 7. The van der Waals surface area contributed by atoms with Crippen LogP contribution in [0.15, 0.2) is 48.5 Å². The summed E-state index contributed by atoms with van der Waals surface area (Å²) in [4.78, 5) is 23.9. The summed E-state index contributed by atoms with van der Waals surface area (Å²) in [6, 6.07) is 14.2. The Balaban J connectivity index is 1.54. The first-order valence-electron chi connectivity index (χ1n) is 11.8. The highest BCUT2D eigenvalue weighted by atomic mass is 16.5. The van der Waals surface area contributed by atoms with Crippen molar-refractivity contribution in [1.82, 2.24) is 16.1 Å². The molecule has 1 fully saturated rings. The Morgan fingerprint density at radius 1 is 0.941 bits per heavy atom. The largest absolute Gasteiger partial charge is 0.391 e. The summed E-state index contributed by atoms with van der Waals surface area (Å²) in [5, 5.41) is 24.5. The van der Waals surface area contributed by atoms with Crippen molar-refractivity contribution in [2.24, 2.45) is 0 Å². The fourth-order valence-electron chi connectivity index (χ4n) is 4.00. The maximum Gasteiger partial charge on any atom is 0.268 e. The van der Waals surface area contributed by atoms with Gasteiger partial charge in [0.15, 0.2) is 0 Å². The smallest absolute Gasteiger partial charge is 0.268 e. The van der Waals surface area contributed by atoms with Crippen LogP contribution in [0, 0.1) is 11.8 Å². The van der Waals surface area contributed by atoms with Crippen molar-refractivity contribution >= 4 is 11.8 Å². The second-order valence-electron chi connectivity index (χ2n) is 8.76. The summed E-state index contributed by atoms with van der Waals surface area (Å²) in [7, 11) is 0. The third-order valence-corrected chi connectivity index (χ3v) is 6.06. The third-order valence-electron chi connectivity index (χ3n) is 6.06. The summed E-state index contributed by atoms with van der Waals surface area (Å²) >= 11 is 0. The van der Waals surface area contributed by atoms with Gasteiger partial charge < -0.3 is 15.7 Å². The van der Waals surface area contributed by atoms with Gasteiger partial charge >= 0.3 is 0 Å². The Bertz CT molecular complexity index is 999. The molecule has 1 saturated carbocycles. The molecule has 5 N–H and O–H groups in total. The molecule has 0 heterocycles. The number of hydrogen-bond acceptors (Lipinski definition) is 5. The first kappa shape index (κ1) is 25.4. The van der Waals surface area contributed by atoms with Gasteiger partial charge in [0.25, 0.3) is 11.8 Å². The molecule has 0 saturated heterocycles. The van der Waals surface area contributed by atoms with Crippen LogP contribution in [0.1, 0.15) is 72.5 Å². The maximum absolute atomic E-state index is 12.3. The predicted octanol–water partition coefficient (Wildman–Crippen LogP) is 2.88. The molecule has 0 unspecified atom stereocenters. The zero-order chi connectivity index (χ0) is 24.3. The topological polar surface area (TPSA) is 111 Å². The van der Waals surface area contributed by atoms with Crippen LogP contribution in [-0.2, 0) is 11.3 Å². The Kier molecular flexibility index (Phi) is 9.65. The molecule has 34 heavy (non-hydrogen) atoms. The van der Waals surface area contributed by atoms with Crippen molar-refractivity contribution in [3.63, 3.8) is 0 Å². The van der Waals surface area contributed by atoms with E-state index in [2.05, 4.69) is 34.6 Å². The van der Waals surface area contributed by atoms with Crippen LogP contribution >= 0.6 is 0 Å². The lowest BCUT2D eigenvalue weighted by atomic mass is 10.1. The highest BCUT2D eigenvalue weighted by molar-refractivity contribution is 5.97. The first-order chi connectivity index (χ1) is 16.5. The van der Waals surface area contributed by atoms with Crippen LogP contribution in [0.4, 0.5) is 0 Å². The van der Waals surface area contributed by atoms with E-state index < -0.39 is 24.0 Å². The molecule has 0 aromatic heterocycles. The monoisotopic (exact) mass is 463 g/mol. The van der Waals surface area contributed by atoms with E-state index >= 15 is 0 Å². The van der Waals surface area contributed by atoms with Crippen LogP contribution in [0.2, 0.25) is 0 Å². The van der Waals surface area contributed by atoms with E-state index in [0.717, 1.165) is 17.7 Å². The molecule has 0 aliphatic heterocycles. The number of carbonyl (C=O) groups is 2. The van der Waals surface area contributed by atoms with Crippen molar-refractivity contribution in [3.8, 4) is 11.8 Å². The van der Waals surface area contributed by atoms with Gasteiger partial charge in [0, 0.05) is 29.3 Å². The number of aliphatic hydroxyl groups is 1. The summed E-state index contributed by atoms with van der Waals surface area (Å²) in [6.07, 6.45) is 6.72. The third kappa shape index (κ3) is 7.70. The standard InChI is InChI=1S/C27H33N3O4/c1-19(31)25(27(33)30-34)29-26(32)23-16-14-21(15-17-23)9-8-20-10-12-22(13-11-20)18-28-24-6-4-2-3-5-7-24/h10-17,19,24-25,28,31,34H,2-7,18H2,1H3,(H,29,32)(H,30,33)/t19-,25+/m1/s1. The number of hydrogen-bond donors (Lipinski definition) is 5. The minimum atomic E-state index is -1.26. The SMILES string of the molecule is C[C@@H](O)[C@H](NC(=O)c1ccc(C#Cc2ccc(CNC3CCCCCC3)cc2)cc1)C(=O)NO. The average Bonchev–Trinajstić information content (AvgIpc) is 3.14. The van der Waals surface area contributed by atoms with E-state index in [-0.39, 0.29) is 0 Å². The molecule has 2 amide bonds. The summed E-state index contributed by atoms with van der Waals surface area (Å²) < 4.78 is 0. The van der Waals surface area contributed by atoms with E-state index in [1.165, 1.54) is 56.5 Å². The lowest BCUT2D eigenvalue weighted by molar-refractivity contribution is -0.133. The Morgan fingerprint density at radius 3 is 2.03 bits per heavy atom. The van der Waals surface area contributed by atoms with Gasteiger partial charge in [-0.3, -0.25) is 14.8 Å². The molecular formula is C27H33N3O4. The van der Waals surface area contributed by atoms with Gasteiger partial charge in [0.2, 0.25) is 0 Å². The number of carbonyl (C=O) groups excluding carboxylic acids is 2. The molecule has 3 rings (SSSR count). The zero-order valence-corrected chi connectivity index (χ0v) is 19.5. The van der Waals surface area contributed by atoms with Crippen molar-refractivity contribution < 1.29 is 19.9 Å². The highest BCUT2D eigenvalue weighted by Crippen LogP contribution is 2.17. The van der Waals surface area contributed by atoms with Gasteiger partial charge in [-0.15, -0.1) is 0 Å². The number of nitrogens with one attached hydrogen (secondary N) is 3. The van der Waals surface area contributed by atoms with Crippen LogP contribution in [0.3, 0.4) is 0 Å². The second-order valence-corrected chi connectivity index (χ2v) is 8.76. The van der Waals surface area contributed by atoms with Crippen LogP contribution in [-0.4, -0.2) is 40.3 Å². The van der Waals surface area contributed by atoms with Crippen LogP contribution in [0.25, 0.3) is 0 Å². The quantitative estimate of drug-likeness (QED) is 0.188. The minimum Gasteiger partial charge on any atom is -0.391 e. The highest BCUT2D eigenvalue weighted by Gasteiger charge is 2.25. The van der Waals surface area contributed by atoms with Crippen LogP contribution in [0.5, 0.6) is 0 Å². The Morgan fingerprint density at radius 2 is 1.50 bits per heavy atom. The van der Waals surface area contributed by atoms with Crippen molar-refractivity contribution in [3.05, 3.63) is 70.8 Å². The molecular weight excluding hydrogens is 430 g/mol. The van der Waals surface area contributed by atoms with Gasteiger partial charge in [-0.2, -0.15) is 0 Å². The molecule has 1 aliphatic rings. The van der Waals surface area contributed by atoms with E-state index in [9.17, 15) is 14.7 Å². The Hall–Kier alpha value is -3.18. The first-order valence-corrected chi connectivity index (χ1v) is 11.8. The second kappa shape index (κ2) is 12.9. The summed E-state index contributed by atoms with van der Waals surface area (Å²) in [6.45, 7) is 2.22. The van der Waals surface area contributed by atoms with Crippen molar-refractivity contribution in [2.75, 3.05) is 0 Å². The average molecular weight is 464 g/mol. The number of aliphatic hydroxyl groups excluding tert-OH is 1. The maximum atomic E-state index is 12.3. The minimum absolute atomic E-state index is 0.312. The zero-order valence-electron chi connectivity index (χ0n) is 19.5. The van der Waals surface area contributed by atoms with E-state index in [1.807, 2.05) is 12.1 Å². The number of benzene rings is 2. The van der Waals surface area contributed by atoms with Gasteiger partial charge in [0.1, 0.15) is 6.04 Å². The van der Waals surface area contributed by atoms with Gasteiger partial charge in [-0.25, -0.2) is 5.48 Å². The normalized spacial score (nSPS) is 15.9. The van der Waals surface area contributed by atoms with Crippen molar-refractivity contribution in [1.29, 1.82) is 0 Å². The van der Waals surface area contributed by atoms with E-state index in [0.29, 0.717) is 11.6 Å². The number of hydroxylamine groups is 1. The number of amides is 2. The molecule has 0 radical (unpaired) electrons. The fraction of sp³-hybridized carbons (Fsp3) is 0.407. The molecule has 180 valence electrons. The molecule has 7 nitrogen and oxygen atoms in total. The lowest BCUT2D eigenvalue weighted by Crippen LogP contribution is -2.51. The molecule has 2 atom stereocenters. The van der Waals surface area contributed by atoms with E-state index in [4.69, 9.17) is 5.21 Å². The molecule has 7 heteroatoms. The summed E-state index contributed by atoms with van der Waals surface area (Å²) in [5.74, 6) is 4.79. The van der Waals surface area contributed by atoms with E-state index in [1.54, 1.807) is 24.3 Å². The molecule has 2 aromatic carbocycles. The lowest BCUT2D eigenvalue weighted by Gasteiger charge is -2.19. The molecule has 2 aromatic rings. The van der Waals surface area contributed by atoms with Gasteiger partial charge in [-0.05, 0) is 61.7 Å². The Labute approximate surface area is 200 Å². The van der Waals surface area contributed by atoms with Gasteiger partial charge in [-0.1, -0.05) is 49.7 Å². The van der Waals surface area contributed by atoms with Crippen molar-refractivity contribution in [2.45, 2.75) is 70.2 Å². The predicted molar refractivity (Wildman–Crippen MR) is 130 cm³/mol. The molecule has 1 aliphatic carbocycles.